The van der Waals surface area contributed by atoms with Crippen LogP contribution in [0.1, 0.15) is 0 Å². The first kappa shape index (κ1) is 12.2. The van der Waals surface area contributed by atoms with Gasteiger partial charge in [0, 0.05) is 32.4 Å². The second kappa shape index (κ2) is 5.06. The van der Waals surface area contributed by atoms with Crippen LogP contribution in [0, 0.1) is 0 Å². The number of fused-ring (bicyclic) bond motifs is 1. The van der Waals surface area contributed by atoms with Gasteiger partial charge in [0.2, 0.25) is 5.95 Å². The fourth-order valence-electron chi connectivity index (χ4n) is 2.43. The molecule has 1 fully saturated rings. The van der Waals surface area contributed by atoms with E-state index in [0.717, 1.165) is 43.5 Å². The normalized spacial score (nSPS) is 15.5. The number of nitrogens with one attached hydrogen (secondary N) is 1. The molecule has 106 valence electrons. The van der Waals surface area contributed by atoms with Gasteiger partial charge in [0.15, 0.2) is 5.65 Å². The zero-order valence-corrected chi connectivity index (χ0v) is 11.3. The molecule has 0 atom stereocenters. The van der Waals surface area contributed by atoms with E-state index in [1.54, 1.807) is 23.1 Å². The molecule has 3 aromatic heterocycles. The van der Waals surface area contributed by atoms with Gasteiger partial charge in [0.1, 0.15) is 12.0 Å². The smallest absolute Gasteiger partial charge is 0.225 e. The van der Waals surface area contributed by atoms with Crippen LogP contribution in [0.4, 0.5) is 5.95 Å². The van der Waals surface area contributed by atoms with Crippen molar-refractivity contribution < 1.29 is 0 Å². The van der Waals surface area contributed by atoms with Crippen LogP contribution >= 0.6 is 0 Å². The van der Waals surface area contributed by atoms with Gasteiger partial charge in [0.25, 0.3) is 0 Å². The van der Waals surface area contributed by atoms with Gasteiger partial charge in [-0.3, -0.25) is 0 Å². The largest absolute Gasteiger partial charge is 0.338 e. The average Bonchev–Trinajstić information content (AvgIpc) is 3.00. The molecule has 4 rings (SSSR count). The Balaban J connectivity index is 1.75. The topological polar surface area (TPSA) is 84.1 Å². The maximum atomic E-state index is 4.65. The van der Waals surface area contributed by atoms with Crippen molar-refractivity contribution in [3.8, 4) is 11.4 Å². The highest BCUT2D eigenvalue weighted by Crippen LogP contribution is 2.19. The number of anilines is 1. The summed E-state index contributed by atoms with van der Waals surface area (Å²) in [7, 11) is 0. The van der Waals surface area contributed by atoms with Crippen molar-refractivity contribution in [1.82, 2.24) is 34.9 Å². The van der Waals surface area contributed by atoms with Gasteiger partial charge in [-0.1, -0.05) is 0 Å². The Bertz CT molecular complexity index is 761. The van der Waals surface area contributed by atoms with E-state index in [2.05, 4.69) is 35.3 Å². The zero-order chi connectivity index (χ0) is 14.1. The molecule has 0 bridgehead atoms. The molecule has 0 aromatic carbocycles. The molecule has 0 spiro atoms. The minimum absolute atomic E-state index is 0.704. The van der Waals surface area contributed by atoms with Crippen molar-refractivity contribution in [1.29, 1.82) is 0 Å². The van der Waals surface area contributed by atoms with E-state index in [9.17, 15) is 0 Å². The van der Waals surface area contributed by atoms with Gasteiger partial charge in [-0.15, -0.1) is 0 Å². The van der Waals surface area contributed by atoms with Gasteiger partial charge in [-0.2, -0.15) is 5.10 Å². The molecule has 4 heterocycles. The van der Waals surface area contributed by atoms with Crippen LogP contribution < -0.4 is 10.2 Å². The first-order chi connectivity index (χ1) is 10.4. The summed E-state index contributed by atoms with van der Waals surface area (Å²) in [5, 5.41) is 7.54. The Morgan fingerprint density at radius 2 is 2.00 bits per heavy atom. The lowest BCUT2D eigenvalue weighted by Crippen LogP contribution is -2.44. The van der Waals surface area contributed by atoms with Gasteiger partial charge in [0.05, 0.1) is 18.1 Å². The van der Waals surface area contributed by atoms with E-state index < -0.39 is 0 Å². The predicted octanol–water partition coefficient (Wildman–Crippen LogP) is -0.00910. The number of aromatic nitrogens is 6. The highest BCUT2D eigenvalue weighted by molar-refractivity contribution is 5.59. The third-order valence-electron chi connectivity index (χ3n) is 3.49. The molecule has 8 nitrogen and oxygen atoms in total. The van der Waals surface area contributed by atoms with E-state index >= 15 is 0 Å². The molecule has 0 amide bonds. The Morgan fingerprint density at radius 1 is 1.10 bits per heavy atom. The summed E-state index contributed by atoms with van der Waals surface area (Å²) >= 11 is 0. The second-order valence-electron chi connectivity index (χ2n) is 4.80. The number of hydrogen-bond donors (Lipinski definition) is 1. The fraction of sp³-hybridized carbons (Fsp3) is 0.308. The molecule has 1 saturated heterocycles. The van der Waals surface area contributed by atoms with Crippen LogP contribution in [0.15, 0.2) is 31.0 Å². The van der Waals surface area contributed by atoms with Gasteiger partial charge >= 0.3 is 0 Å². The molecule has 1 aliphatic rings. The monoisotopic (exact) mass is 282 g/mol. The zero-order valence-electron chi connectivity index (χ0n) is 11.3. The summed E-state index contributed by atoms with van der Waals surface area (Å²) in [6, 6.07) is 1.87. The highest BCUT2D eigenvalue weighted by atomic mass is 15.3. The molecule has 1 aliphatic heterocycles. The van der Waals surface area contributed by atoms with Crippen LogP contribution in [0.3, 0.4) is 0 Å². The van der Waals surface area contributed by atoms with Gasteiger partial charge in [-0.25, -0.2) is 24.5 Å². The third kappa shape index (κ3) is 2.19. The van der Waals surface area contributed by atoms with Crippen LogP contribution in [-0.2, 0) is 0 Å². The van der Waals surface area contributed by atoms with Crippen molar-refractivity contribution in [2.75, 3.05) is 31.1 Å². The lowest BCUT2D eigenvalue weighted by molar-refractivity contribution is 0.580. The van der Waals surface area contributed by atoms with Crippen molar-refractivity contribution in [3.05, 3.63) is 31.0 Å². The van der Waals surface area contributed by atoms with E-state index in [4.69, 9.17) is 0 Å². The highest BCUT2D eigenvalue weighted by Gasteiger charge is 2.15. The van der Waals surface area contributed by atoms with Crippen molar-refractivity contribution >= 4 is 11.6 Å². The first-order valence-electron chi connectivity index (χ1n) is 6.85. The van der Waals surface area contributed by atoms with E-state index in [0.29, 0.717) is 5.65 Å². The maximum Gasteiger partial charge on any atom is 0.225 e. The molecule has 0 unspecified atom stereocenters. The van der Waals surface area contributed by atoms with Crippen molar-refractivity contribution in [3.63, 3.8) is 0 Å². The number of hydrogen-bond acceptors (Lipinski definition) is 7. The summed E-state index contributed by atoms with van der Waals surface area (Å²) in [5.74, 6) is 0.748. The lowest BCUT2D eigenvalue weighted by atomic mass is 10.3. The molecular formula is C13H14N8. The minimum Gasteiger partial charge on any atom is -0.338 e. The Morgan fingerprint density at radius 3 is 2.90 bits per heavy atom. The average molecular weight is 282 g/mol. The molecule has 8 heteroatoms. The molecule has 1 N–H and O–H groups in total. The van der Waals surface area contributed by atoms with Gasteiger partial charge in [-0.05, 0) is 6.07 Å². The van der Waals surface area contributed by atoms with Crippen LogP contribution in [-0.4, -0.2) is 55.7 Å². The Labute approximate surface area is 120 Å². The maximum absolute atomic E-state index is 4.65. The number of piperazine rings is 1. The molecule has 3 aromatic rings. The van der Waals surface area contributed by atoms with Crippen molar-refractivity contribution in [2.24, 2.45) is 0 Å². The number of nitrogens with zero attached hydrogens (tertiary/aromatic N) is 7. The molecule has 0 aliphatic carbocycles. The predicted molar refractivity (Wildman–Crippen MR) is 76.9 cm³/mol. The fourth-order valence-corrected chi connectivity index (χ4v) is 2.43. The number of rotatable bonds is 2. The van der Waals surface area contributed by atoms with Crippen LogP contribution in [0.2, 0.25) is 0 Å². The standard InChI is InChI=1S/C13H14N8/c1-2-16-13(20-5-3-14-4-6-20)19-10(1)11-7-17-12-8-15-9-18-21(11)12/h1-2,7-9,14H,3-6H2. The lowest BCUT2D eigenvalue weighted by Gasteiger charge is -2.27. The van der Waals surface area contributed by atoms with Crippen LogP contribution in [0.5, 0.6) is 0 Å². The summed E-state index contributed by atoms with van der Waals surface area (Å²) < 4.78 is 1.73. The third-order valence-corrected chi connectivity index (χ3v) is 3.49. The Kier molecular flexibility index (Phi) is 2.93. The molecule has 21 heavy (non-hydrogen) atoms. The van der Waals surface area contributed by atoms with Crippen LogP contribution in [0.25, 0.3) is 17.0 Å². The SMILES string of the molecule is c1cc(-c2cnc3cncnn23)nc(N2CCNCC2)n1. The van der Waals surface area contributed by atoms with Gasteiger partial charge < -0.3 is 10.2 Å². The molecule has 0 radical (unpaired) electrons. The quantitative estimate of drug-likeness (QED) is 0.707. The summed E-state index contributed by atoms with van der Waals surface area (Å²) in [6.45, 7) is 3.74. The second-order valence-corrected chi connectivity index (χ2v) is 4.80. The van der Waals surface area contributed by atoms with E-state index in [1.165, 1.54) is 6.33 Å². The first-order valence-corrected chi connectivity index (χ1v) is 6.85. The minimum atomic E-state index is 0.704. The van der Waals surface area contributed by atoms with Crippen molar-refractivity contribution in [2.45, 2.75) is 0 Å². The molecule has 0 saturated carbocycles. The summed E-state index contributed by atoms with van der Waals surface area (Å²) in [6.07, 6.45) is 6.71. The number of imidazole rings is 1. The van der Waals surface area contributed by atoms with E-state index in [-0.39, 0.29) is 0 Å². The summed E-state index contributed by atoms with van der Waals surface area (Å²) in [4.78, 5) is 19.5. The summed E-state index contributed by atoms with van der Waals surface area (Å²) in [5.41, 5.74) is 2.35. The molecular weight excluding hydrogens is 268 g/mol. The Hall–Kier alpha value is -2.61. The van der Waals surface area contributed by atoms with E-state index in [1.807, 2.05) is 6.07 Å².